The lowest BCUT2D eigenvalue weighted by molar-refractivity contribution is -0.127. The minimum atomic E-state index is -0.447. The number of hydrogen-bond donors (Lipinski definition) is 3. The van der Waals surface area contributed by atoms with Gasteiger partial charge in [-0.1, -0.05) is 59.6 Å². The molecule has 2 aromatic rings. The number of carbonyl (C=O) groups is 1. The third-order valence-electron chi connectivity index (χ3n) is 6.88. The zero-order chi connectivity index (χ0) is 21.0. The molecule has 4 rings (SSSR count). The molecule has 0 aromatic heterocycles. The Morgan fingerprint density at radius 1 is 0.903 bits per heavy atom. The Balaban J connectivity index is 0.00000272. The van der Waals surface area contributed by atoms with Crippen LogP contribution in [0.1, 0.15) is 36.8 Å². The van der Waals surface area contributed by atoms with Gasteiger partial charge in [0.2, 0.25) is 5.91 Å². The van der Waals surface area contributed by atoms with E-state index in [0.29, 0.717) is 16.6 Å². The first-order valence-electron chi connectivity index (χ1n) is 10.8. The maximum atomic E-state index is 13.4. The average Bonchev–Trinajstić information content (AvgIpc) is 3.26. The van der Waals surface area contributed by atoms with Crippen LogP contribution in [0, 0.1) is 0 Å². The minimum Gasteiger partial charge on any atom is -0.355 e. The van der Waals surface area contributed by atoms with Crippen LogP contribution in [0.25, 0.3) is 0 Å². The number of rotatable bonds is 6. The van der Waals surface area contributed by atoms with E-state index in [0.717, 1.165) is 57.4 Å². The van der Waals surface area contributed by atoms with Crippen LogP contribution in [-0.4, -0.2) is 38.6 Å². The lowest BCUT2D eigenvalue weighted by atomic mass is 9.72. The molecule has 7 heteroatoms. The summed E-state index contributed by atoms with van der Waals surface area (Å²) in [5, 5.41) is 11.3. The average molecular weight is 483 g/mol. The van der Waals surface area contributed by atoms with Crippen LogP contribution < -0.4 is 16.0 Å². The molecule has 0 saturated carbocycles. The summed E-state index contributed by atoms with van der Waals surface area (Å²) in [5.41, 5.74) is 1.83. The minimum absolute atomic E-state index is 0. The van der Waals surface area contributed by atoms with E-state index in [1.54, 1.807) is 0 Å². The van der Waals surface area contributed by atoms with Crippen LogP contribution in [0.15, 0.2) is 48.5 Å². The first kappa shape index (κ1) is 24.3. The van der Waals surface area contributed by atoms with E-state index >= 15 is 0 Å². The smallest absolute Gasteiger partial charge is 0.230 e. The number of hydrogen-bond acceptors (Lipinski definition) is 3. The first-order chi connectivity index (χ1) is 14.6. The van der Waals surface area contributed by atoms with E-state index in [4.69, 9.17) is 23.2 Å². The summed E-state index contributed by atoms with van der Waals surface area (Å²) in [6.07, 6.45) is 3.53. The molecule has 0 spiro atoms. The lowest BCUT2D eigenvalue weighted by Gasteiger charge is -2.37. The van der Waals surface area contributed by atoms with Gasteiger partial charge in [0.15, 0.2) is 0 Å². The second-order valence-corrected chi connectivity index (χ2v) is 9.35. The molecule has 2 fully saturated rings. The molecule has 1 unspecified atom stereocenters. The van der Waals surface area contributed by atoms with Crippen molar-refractivity contribution in [1.82, 2.24) is 16.0 Å². The predicted molar refractivity (Wildman–Crippen MR) is 131 cm³/mol. The molecule has 2 aliphatic heterocycles. The summed E-state index contributed by atoms with van der Waals surface area (Å²) in [5.74, 6) is 0.144. The third kappa shape index (κ3) is 5.04. The molecule has 0 radical (unpaired) electrons. The van der Waals surface area contributed by atoms with Gasteiger partial charge in [-0.3, -0.25) is 4.79 Å². The molecule has 0 bridgehead atoms. The van der Waals surface area contributed by atoms with Gasteiger partial charge in [0.25, 0.3) is 0 Å². The fraction of sp³-hybridized carbons (Fsp3) is 0.458. The lowest BCUT2D eigenvalue weighted by Crippen LogP contribution is -2.51. The number of amides is 1. The number of carbonyl (C=O) groups excluding carboxylic acids is 1. The third-order valence-corrected chi connectivity index (χ3v) is 7.62. The highest BCUT2D eigenvalue weighted by Crippen LogP contribution is 2.38. The Labute approximate surface area is 200 Å². The van der Waals surface area contributed by atoms with E-state index in [1.165, 1.54) is 5.56 Å². The van der Waals surface area contributed by atoms with E-state index in [9.17, 15) is 4.79 Å². The summed E-state index contributed by atoms with van der Waals surface area (Å²) in [4.78, 5) is 13.4. The van der Waals surface area contributed by atoms with Crippen molar-refractivity contribution in [3.63, 3.8) is 0 Å². The van der Waals surface area contributed by atoms with E-state index in [1.807, 2.05) is 30.3 Å². The number of halogens is 3. The normalized spacial score (nSPS) is 22.5. The van der Waals surface area contributed by atoms with Crippen molar-refractivity contribution in [1.29, 1.82) is 0 Å². The van der Waals surface area contributed by atoms with Gasteiger partial charge in [0.1, 0.15) is 0 Å². The maximum Gasteiger partial charge on any atom is 0.230 e. The van der Waals surface area contributed by atoms with Crippen molar-refractivity contribution in [3.8, 4) is 0 Å². The molecule has 2 aromatic carbocycles. The standard InChI is InChI=1S/C24H29Cl2N3O.ClH/c25-20-7-6-19(16-21(20)26)23(8-12-28-17-23)9-15-29-22(30)24(10-13-27-14-11-24)18-4-2-1-3-5-18;/h1-7,16,27-28H,8-15,17H2,(H,29,30);1H. The van der Waals surface area contributed by atoms with Crippen molar-refractivity contribution in [3.05, 3.63) is 69.7 Å². The summed E-state index contributed by atoms with van der Waals surface area (Å²) in [7, 11) is 0. The van der Waals surface area contributed by atoms with Gasteiger partial charge in [0, 0.05) is 18.5 Å². The first-order valence-corrected chi connectivity index (χ1v) is 11.5. The molecular formula is C24H30Cl3N3O. The predicted octanol–water partition coefficient (Wildman–Crippen LogP) is 4.47. The van der Waals surface area contributed by atoms with E-state index < -0.39 is 5.41 Å². The highest BCUT2D eigenvalue weighted by molar-refractivity contribution is 6.42. The fourth-order valence-corrected chi connectivity index (χ4v) is 5.31. The van der Waals surface area contributed by atoms with Crippen molar-refractivity contribution < 1.29 is 4.79 Å². The Morgan fingerprint density at radius 2 is 1.61 bits per heavy atom. The molecule has 3 N–H and O–H groups in total. The van der Waals surface area contributed by atoms with Crippen LogP contribution in [0.3, 0.4) is 0 Å². The number of benzene rings is 2. The molecule has 2 saturated heterocycles. The van der Waals surface area contributed by atoms with Gasteiger partial charge in [-0.15, -0.1) is 12.4 Å². The Kier molecular flexibility index (Phi) is 8.28. The van der Waals surface area contributed by atoms with Crippen molar-refractivity contribution in [2.75, 3.05) is 32.7 Å². The molecule has 4 nitrogen and oxygen atoms in total. The number of piperidine rings is 1. The van der Waals surface area contributed by atoms with Crippen molar-refractivity contribution in [2.45, 2.75) is 36.5 Å². The zero-order valence-corrected chi connectivity index (χ0v) is 19.9. The summed E-state index contributed by atoms with van der Waals surface area (Å²) >= 11 is 12.4. The highest BCUT2D eigenvalue weighted by atomic mass is 35.5. The van der Waals surface area contributed by atoms with Gasteiger partial charge >= 0.3 is 0 Å². The Morgan fingerprint density at radius 3 is 2.26 bits per heavy atom. The summed E-state index contributed by atoms with van der Waals surface area (Å²) in [6, 6.07) is 16.2. The maximum absolute atomic E-state index is 13.4. The highest BCUT2D eigenvalue weighted by Gasteiger charge is 2.41. The van der Waals surface area contributed by atoms with Crippen molar-refractivity contribution >= 4 is 41.5 Å². The summed E-state index contributed by atoms with van der Waals surface area (Å²) in [6.45, 7) is 4.21. The molecule has 31 heavy (non-hydrogen) atoms. The summed E-state index contributed by atoms with van der Waals surface area (Å²) < 4.78 is 0. The molecule has 2 heterocycles. The molecule has 168 valence electrons. The van der Waals surface area contributed by atoms with Gasteiger partial charge in [0.05, 0.1) is 15.5 Å². The molecule has 2 aliphatic rings. The topological polar surface area (TPSA) is 53.2 Å². The van der Waals surface area contributed by atoms with Crippen LogP contribution in [0.5, 0.6) is 0 Å². The van der Waals surface area contributed by atoms with Crippen LogP contribution >= 0.6 is 35.6 Å². The largest absolute Gasteiger partial charge is 0.355 e. The van der Waals surface area contributed by atoms with Gasteiger partial charge in [-0.2, -0.15) is 0 Å². The van der Waals surface area contributed by atoms with Crippen molar-refractivity contribution in [2.24, 2.45) is 0 Å². The van der Waals surface area contributed by atoms with E-state index in [-0.39, 0.29) is 23.7 Å². The fourth-order valence-electron chi connectivity index (χ4n) is 5.02. The number of nitrogens with one attached hydrogen (secondary N) is 3. The van der Waals surface area contributed by atoms with E-state index in [2.05, 4.69) is 34.1 Å². The van der Waals surface area contributed by atoms with Crippen LogP contribution in [0.4, 0.5) is 0 Å². The Bertz CT molecular complexity index is 879. The SMILES string of the molecule is Cl.O=C(NCCC1(c2ccc(Cl)c(Cl)c2)CCNC1)C1(c2ccccc2)CCNCC1. The molecular weight excluding hydrogens is 453 g/mol. The van der Waals surface area contributed by atoms with Gasteiger partial charge in [-0.05, 0) is 68.6 Å². The van der Waals surface area contributed by atoms with Gasteiger partial charge in [-0.25, -0.2) is 0 Å². The monoisotopic (exact) mass is 481 g/mol. The van der Waals surface area contributed by atoms with Crippen LogP contribution in [0.2, 0.25) is 10.0 Å². The Hall–Kier alpha value is -1.30. The second kappa shape index (κ2) is 10.5. The molecule has 0 aliphatic carbocycles. The quantitative estimate of drug-likeness (QED) is 0.569. The second-order valence-electron chi connectivity index (χ2n) is 8.54. The zero-order valence-electron chi connectivity index (χ0n) is 17.6. The molecule has 1 atom stereocenters. The molecule has 1 amide bonds. The van der Waals surface area contributed by atoms with Crippen LogP contribution in [-0.2, 0) is 15.6 Å². The van der Waals surface area contributed by atoms with Gasteiger partial charge < -0.3 is 16.0 Å².